The predicted octanol–water partition coefficient (Wildman–Crippen LogP) is 5.65. The van der Waals surface area contributed by atoms with E-state index in [1.165, 1.54) is 32.7 Å². The Morgan fingerprint density at radius 2 is 0.868 bits per heavy atom. The van der Waals surface area contributed by atoms with Gasteiger partial charge in [0.15, 0.2) is 0 Å². The number of aryl methyl sites for hydroxylation is 2. The Balaban J connectivity index is 1.49. The molecule has 4 heterocycles. The molecule has 0 fully saturated rings. The van der Waals surface area contributed by atoms with Crippen LogP contribution in [0.1, 0.15) is 65.0 Å². The van der Waals surface area contributed by atoms with Crippen molar-refractivity contribution in [3.05, 3.63) is 80.5 Å². The first-order chi connectivity index (χ1) is 18.3. The van der Waals surface area contributed by atoms with Crippen LogP contribution in [0.3, 0.4) is 0 Å². The Morgan fingerprint density at radius 3 is 1.11 bits per heavy atom. The van der Waals surface area contributed by atoms with Crippen LogP contribution in [0, 0.1) is 13.8 Å². The maximum absolute atomic E-state index is 13.8. The Labute approximate surface area is 227 Å². The van der Waals surface area contributed by atoms with Crippen LogP contribution >= 0.6 is 22.7 Å². The maximum Gasteiger partial charge on any atom is 0.280 e. The lowest BCUT2D eigenvalue weighted by molar-refractivity contribution is 0.0571. The highest BCUT2D eigenvalue weighted by Gasteiger charge is 2.43. The molecule has 0 saturated heterocycles. The fourth-order valence-corrected chi connectivity index (χ4v) is 7.04. The fraction of sp³-hybridized carbons (Fsp3) is 0.214. The zero-order chi connectivity index (χ0) is 26.9. The van der Waals surface area contributed by atoms with Crippen molar-refractivity contribution < 1.29 is 19.2 Å². The second-order valence-corrected chi connectivity index (χ2v) is 11.6. The number of hydrogen-bond donors (Lipinski definition) is 0. The van der Waals surface area contributed by atoms with E-state index in [1.807, 2.05) is 52.0 Å². The summed E-state index contributed by atoms with van der Waals surface area (Å²) in [5.74, 6) is -1.92. The normalized spacial score (nSPS) is 14.6. The smallest absolute Gasteiger partial charge is 0.267 e. The number of carbonyl (C=O) groups is 4. The number of thiophene rings is 2. The van der Waals surface area contributed by atoms with Crippen LogP contribution in [-0.4, -0.2) is 46.7 Å². The second-order valence-electron chi connectivity index (χ2n) is 9.12. The van der Waals surface area contributed by atoms with E-state index in [0.29, 0.717) is 46.1 Å². The van der Waals surface area contributed by atoms with E-state index in [4.69, 9.17) is 0 Å². The first kappa shape index (κ1) is 24.3. The van der Waals surface area contributed by atoms with Crippen LogP contribution in [0.15, 0.2) is 48.5 Å². The van der Waals surface area contributed by atoms with Gasteiger partial charge in [-0.3, -0.25) is 29.2 Å². The molecule has 10 heteroatoms. The zero-order valence-electron chi connectivity index (χ0n) is 21.3. The predicted molar refractivity (Wildman–Crippen MR) is 149 cm³/mol. The van der Waals surface area contributed by atoms with E-state index in [2.05, 4.69) is 0 Å². The molecule has 0 N–H and O–H groups in total. The zero-order valence-corrected chi connectivity index (χ0v) is 22.9. The van der Waals surface area contributed by atoms with Gasteiger partial charge < -0.3 is 0 Å². The summed E-state index contributed by atoms with van der Waals surface area (Å²) in [5.41, 5.74) is 1.17. The van der Waals surface area contributed by atoms with Crippen molar-refractivity contribution in [3.63, 3.8) is 0 Å². The Morgan fingerprint density at radius 1 is 0.553 bits per heavy atom. The number of benzene rings is 2. The molecule has 4 aromatic rings. The van der Waals surface area contributed by atoms with Crippen LogP contribution in [0.2, 0.25) is 0 Å². The lowest BCUT2D eigenvalue weighted by atomic mass is 9.86. The molecule has 2 aromatic carbocycles. The van der Waals surface area contributed by atoms with Crippen molar-refractivity contribution in [1.29, 1.82) is 0 Å². The van der Waals surface area contributed by atoms with E-state index in [0.717, 1.165) is 19.8 Å². The molecule has 0 spiro atoms. The maximum atomic E-state index is 13.8. The van der Waals surface area contributed by atoms with Gasteiger partial charge in [0.25, 0.3) is 23.6 Å². The number of carbonyl (C=O) groups excluding carboxylic acids is 4. The molecule has 0 atom stereocenters. The van der Waals surface area contributed by atoms with Crippen LogP contribution in [0.25, 0.3) is 10.8 Å². The molecule has 0 radical (unpaired) electrons. The minimum atomic E-state index is -0.481. The molecule has 0 saturated carbocycles. The van der Waals surface area contributed by atoms with Crippen molar-refractivity contribution >= 4 is 67.1 Å². The number of rotatable bonds is 6. The average molecular weight is 545 g/mol. The molecular formula is C28H24N4O4S2. The third-order valence-corrected chi connectivity index (χ3v) is 8.92. The van der Waals surface area contributed by atoms with Crippen LogP contribution < -0.4 is 10.0 Å². The van der Waals surface area contributed by atoms with Crippen LogP contribution in [0.5, 0.6) is 0 Å². The minimum absolute atomic E-state index is 0.294. The van der Waals surface area contributed by atoms with Gasteiger partial charge in [0.1, 0.15) is 10.0 Å². The summed E-state index contributed by atoms with van der Waals surface area (Å²) in [6.45, 7) is 8.52. The molecule has 8 nitrogen and oxygen atoms in total. The molecule has 0 aliphatic carbocycles. The highest BCUT2D eigenvalue weighted by molar-refractivity contribution is 7.16. The number of hydrogen-bond acceptors (Lipinski definition) is 8. The van der Waals surface area contributed by atoms with Gasteiger partial charge >= 0.3 is 0 Å². The Bertz CT molecular complexity index is 1490. The Kier molecular flexibility index (Phi) is 5.62. The van der Waals surface area contributed by atoms with Gasteiger partial charge in [0, 0.05) is 33.6 Å². The van der Waals surface area contributed by atoms with Crippen molar-refractivity contribution in [2.45, 2.75) is 27.7 Å². The summed E-state index contributed by atoms with van der Waals surface area (Å²) < 4.78 is 0. The Hall–Kier alpha value is -4.02. The molecule has 192 valence electrons. The number of amides is 4. The minimum Gasteiger partial charge on any atom is -0.267 e. The monoisotopic (exact) mass is 544 g/mol. The SMILES string of the molecule is CCN(c1ccc(C)s1)N1C(=O)c2ccc3c4c(ccc(c24)C1=O)C(=O)N(N(CC)c1ccc(C)s1)C3=O. The molecule has 4 amide bonds. The molecule has 6 rings (SSSR count). The van der Waals surface area contributed by atoms with Gasteiger partial charge in [-0.2, -0.15) is 10.0 Å². The van der Waals surface area contributed by atoms with Gasteiger partial charge in [-0.05, 0) is 76.2 Å². The first-order valence-electron chi connectivity index (χ1n) is 12.3. The lowest BCUT2D eigenvalue weighted by Gasteiger charge is -2.38. The van der Waals surface area contributed by atoms with Gasteiger partial charge in [0.2, 0.25) is 0 Å². The molecule has 0 unspecified atom stereocenters. The van der Waals surface area contributed by atoms with Crippen molar-refractivity contribution in [1.82, 2.24) is 10.0 Å². The summed E-state index contributed by atoms with van der Waals surface area (Å²) in [6.07, 6.45) is 0. The van der Waals surface area contributed by atoms with E-state index in [1.54, 1.807) is 34.3 Å². The van der Waals surface area contributed by atoms with E-state index >= 15 is 0 Å². The van der Waals surface area contributed by atoms with E-state index in [-0.39, 0.29) is 0 Å². The summed E-state index contributed by atoms with van der Waals surface area (Å²) in [6, 6.07) is 14.0. The number of hydrazine groups is 2. The second kappa shape index (κ2) is 8.78. The number of imide groups is 2. The fourth-order valence-electron chi connectivity index (χ4n) is 5.20. The quantitative estimate of drug-likeness (QED) is 0.292. The van der Waals surface area contributed by atoms with Crippen LogP contribution in [-0.2, 0) is 0 Å². The molecule has 0 bridgehead atoms. The standard InChI is InChI=1S/C28H24N4O4S2/c1-5-29(21-13-7-15(3)37-21)31-25(33)17-9-11-19-24-20(12-10-18(23(17)24)26(31)34)28(36)32(27(19)35)30(6-2)22-14-8-16(4)38-22/h7-14H,5-6H2,1-4H3. The lowest BCUT2D eigenvalue weighted by Crippen LogP contribution is -2.53. The van der Waals surface area contributed by atoms with Gasteiger partial charge in [-0.15, -0.1) is 22.7 Å². The largest absolute Gasteiger partial charge is 0.280 e. The highest BCUT2D eigenvalue weighted by atomic mass is 32.1. The van der Waals surface area contributed by atoms with E-state index < -0.39 is 23.6 Å². The summed E-state index contributed by atoms with van der Waals surface area (Å²) in [7, 11) is 0. The van der Waals surface area contributed by atoms with Gasteiger partial charge in [-0.1, -0.05) is 0 Å². The molecular weight excluding hydrogens is 520 g/mol. The third kappa shape index (κ3) is 3.33. The summed E-state index contributed by atoms with van der Waals surface area (Å²) in [5, 5.41) is 7.97. The first-order valence-corrected chi connectivity index (χ1v) is 13.9. The van der Waals surface area contributed by atoms with Gasteiger partial charge in [-0.25, -0.2) is 0 Å². The average Bonchev–Trinajstić information content (AvgIpc) is 3.54. The summed E-state index contributed by atoms with van der Waals surface area (Å²) >= 11 is 2.99. The molecule has 2 aromatic heterocycles. The van der Waals surface area contributed by atoms with Crippen LogP contribution in [0.4, 0.5) is 10.0 Å². The summed E-state index contributed by atoms with van der Waals surface area (Å²) in [4.78, 5) is 57.2. The van der Waals surface area contributed by atoms with Crippen molar-refractivity contribution in [3.8, 4) is 0 Å². The topological polar surface area (TPSA) is 81.2 Å². The molecule has 38 heavy (non-hydrogen) atoms. The number of nitrogens with zero attached hydrogens (tertiary/aromatic N) is 4. The highest BCUT2D eigenvalue weighted by Crippen LogP contribution is 2.40. The molecule has 2 aliphatic heterocycles. The van der Waals surface area contributed by atoms with Gasteiger partial charge in [0.05, 0.1) is 22.3 Å². The molecule has 2 aliphatic rings. The van der Waals surface area contributed by atoms with Crippen molar-refractivity contribution in [2.24, 2.45) is 0 Å². The van der Waals surface area contributed by atoms with Crippen molar-refractivity contribution in [2.75, 3.05) is 23.1 Å². The third-order valence-electron chi connectivity index (χ3n) is 6.89. The number of anilines is 2. The van der Waals surface area contributed by atoms with E-state index in [9.17, 15) is 19.2 Å².